The molecule has 26 heavy (non-hydrogen) atoms. The summed E-state index contributed by atoms with van der Waals surface area (Å²) in [5.41, 5.74) is 2.93. The van der Waals surface area contributed by atoms with Gasteiger partial charge in [-0.25, -0.2) is 4.79 Å². The van der Waals surface area contributed by atoms with Gasteiger partial charge in [0.15, 0.2) is 0 Å². The number of carboxylic acid groups (broad SMARTS) is 1. The lowest BCUT2D eigenvalue weighted by Gasteiger charge is -2.12. The fourth-order valence-corrected chi connectivity index (χ4v) is 3.02. The molecule has 0 fully saturated rings. The van der Waals surface area contributed by atoms with E-state index in [0.29, 0.717) is 6.54 Å². The van der Waals surface area contributed by atoms with Gasteiger partial charge in [-0.1, -0.05) is 12.1 Å². The third kappa shape index (κ3) is 3.96. The first-order valence-electron chi connectivity index (χ1n) is 8.41. The molecule has 6 nitrogen and oxygen atoms in total. The van der Waals surface area contributed by atoms with Crippen LogP contribution in [0.3, 0.4) is 0 Å². The summed E-state index contributed by atoms with van der Waals surface area (Å²) in [6.45, 7) is 2.35. The lowest BCUT2D eigenvalue weighted by Crippen LogP contribution is -2.24. The van der Waals surface area contributed by atoms with Gasteiger partial charge in [-0.2, -0.15) is 0 Å². The molecule has 1 aliphatic rings. The number of carboxylic acids is 1. The van der Waals surface area contributed by atoms with Crippen molar-refractivity contribution in [3.8, 4) is 11.5 Å². The molecule has 1 unspecified atom stereocenters. The van der Waals surface area contributed by atoms with Gasteiger partial charge < -0.3 is 19.9 Å². The van der Waals surface area contributed by atoms with Crippen molar-refractivity contribution in [2.45, 2.75) is 32.4 Å². The summed E-state index contributed by atoms with van der Waals surface area (Å²) >= 11 is 0. The minimum atomic E-state index is -0.985. The molecule has 0 radical (unpaired) electrons. The fourth-order valence-electron chi connectivity index (χ4n) is 3.02. The summed E-state index contributed by atoms with van der Waals surface area (Å²) < 4.78 is 11.2. The summed E-state index contributed by atoms with van der Waals surface area (Å²) in [7, 11) is 1.61. The molecule has 1 atom stereocenters. The lowest BCUT2D eigenvalue weighted by atomic mass is 10.1. The van der Waals surface area contributed by atoms with Crippen LogP contribution >= 0.6 is 0 Å². The highest BCUT2D eigenvalue weighted by Crippen LogP contribution is 2.34. The molecular weight excluding hydrogens is 334 g/mol. The number of ether oxygens (including phenoxy) is 2. The predicted molar refractivity (Wildman–Crippen MR) is 95.7 cm³/mol. The number of nitrogens with one attached hydrogen (secondary N) is 1. The third-order valence-electron chi connectivity index (χ3n) is 4.34. The molecule has 3 rings (SSSR count). The number of amides is 1. The van der Waals surface area contributed by atoms with Gasteiger partial charge in [0.2, 0.25) is 5.91 Å². The second kappa shape index (κ2) is 7.47. The second-order valence-electron chi connectivity index (χ2n) is 6.36. The van der Waals surface area contributed by atoms with Crippen molar-refractivity contribution in [2.75, 3.05) is 7.11 Å². The standard InChI is InChI=1S/C20H21NO5/c1-12-7-15-9-17(25-2)16(10-18(15)26-12)11-21-19(22)8-13-3-5-14(6-4-13)20(23)24/h3-6,9-10,12H,7-8,11H2,1-2H3,(H,21,22)(H,23,24). The predicted octanol–water partition coefficient (Wildman–Crippen LogP) is 2.58. The van der Waals surface area contributed by atoms with Gasteiger partial charge in [-0.3, -0.25) is 4.79 Å². The van der Waals surface area contributed by atoms with Crippen LogP contribution in [0.1, 0.15) is 34.0 Å². The molecule has 0 spiro atoms. The SMILES string of the molecule is COc1cc2c(cc1CNC(=O)Cc1ccc(C(=O)O)cc1)OC(C)C2. The molecule has 0 bridgehead atoms. The number of aromatic carboxylic acids is 1. The highest BCUT2D eigenvalue weighted by Gasteiger charge is 2.21. The number of rotatable bonds is 6. The topological polar surface area (TPSA) is 84.9 Å². The molecule has 136 valence electrons. The van der Waals surface area contributed by atoms with Crippen LogP contribution in [0.25, 0.3) is 0 Å². The Morgan fingerprint density at radius 1 is 1.27 bits per heavy atom. The Kier molecular flexibility index (Phi) is 5.11. The number of methoxy groups -OCH3 is 1. The first-order valence-corrected chi connectivity index (χ1v) is 8.41. The van der Waals surface area contributed by atoms with Crippen molar-refractivity contribution in [1.82, 2.24) is 5.32 Å². The Morgan fingerprint density at radius 2 is 2.00 bits per heavy atom. The molecule has 0 saturated carbocycles. The Labute approximate surface area is 151 Å². The number of benzene rings is 2. The highest BCUT2D eigenvalue weighted by molar-refractivity contribution is 5.87. The van der Waals surface area contributed by atoms with Crippen LogP contribution in [0.5, 0.6) is 11.5 Å². The minimum Gasteiger partial charge on any atom is -0.496 e. The summed E-state index contributed by atoms with van der Waals surface area (Å²) in [6, 6.07) is 10.2. The van der Waals surface area contributed by atoms with Crippen LogP contribution < -0.4 is 14.8 Å². The molecule has 2 aromatic rings. The number of carbonyl (C=O) groups is 2. The van der Waals surface area contributed by atoms with Crippen LogP contribution in [0, 0.1) is 0 Å². The summed E-state index contributed by atoms with van der Waals surface area (Å²) in [6.07, 6.45) is 1.18. The molecule has 1 heterocycles. The monoisotopic (exact) mass is 355 g/mol. The van der Waals surface area contributed by atoms with Gasteiger partial charge in [-0.15, -0.1) is 0 Å². The van der Waals surface area contributed by atoms with E-state index in [-0.39, 0.29) is 24.0 Å². The van der Waals surface area contributed by atoms with Gasteiger partial charge in [0.25, 0.3) is 0 Å². The van der Waals surface area contributed by atoms with E-state index in [4.69, 9.17) is 14.6 Å². The molecule has 0 aliphatic carbocycles. The number of carbonyl (C=O) groups excluding carboxylic acids is 1. The Hall–Kier alpha value is -3.02. The molecule has 0 aromatic heterocycles. The Balaban J connectivity index is 1.62. The summed E-state index contributed by atoms with van der Waals surface area (Å²) in [4.78, 5) is 23.0. The first-order chi connectivity index (χ1) is 12.5. The second-order valence-corrected chi connectivity index (χ2v) is 6.36. The number of hydrogen-bond donors (Lipinski definition) is 2. The summed E-state index contributed by atoms with van der Waals surface area (Å²) in [5, 5.41) is 11.8. The van der Waals surface area contributed by atoms with E-state index in [1.807, 2.05) is 19.1 Å². The van der Waals surface area contributed by atoms with E-state index in [2.05, 4.69) is 5.32 Å². The molecule has 2 aromatic carbocycles. The third-order valence-corrected chi connectivity index (χ3v) is 4.34. The van der Waals surface area contributed by atoms with E-state index in [0.717, 1.165) is 34.6 Å². The number of fused-ring (bicyclic) bond motifs is 1. The van der Waals surface area contributed by atoms with Crippen molar-refractivity contribution < 1.29 is 24.2 Å². The van der Waals surface area contributed by atoms with E-state index >= 15 is 0 Å². The van der Waals surface area contributed by atoms with Crippen molar-refractivity contribution >= 4 is 11.9 Å². The van der Waals surface area contributed by atoms with Crippen molar-refractivity contribution in [3.05, 3.63) is 58.7 Å². The quantitative estimate of drug-likeness (QED) is 0.832. The van der Waals surface area contributed by atoms with Crippen molar-refractivity contribution in [2.24, 2.45) is 0 Å². The van der Waals surface area contributed by atoms with Gasteiger partial charge in [0, 0.05) is 24.1 Å². The average Bonchev–Trinajstić information content (AvgIpc) is 2.98. The maximum Gasteiger partial charge on any atom is 0.335 e. The van der Waals surface area contributed by atoms with Gasteiger partial charge >= 0.3 is 5.97 Å². The molecule has 1 amide bonds. The first kappa shape index (κ1) is 17.8. The van der Waals surface area contributed by atoms with E-state index in [1.54, 1.807) is 19.2 Å². The highest BCUT2D eigenvalue weighted by atomic mass is 16.5. The minimum absolute atomic E-state index is 0.147. The van der Waals surface area contributed by atoms with Gasteiger partial charge in [-0.05, 0) is 36.8 Å². The lowest BCUT2D eigenvalue weighted by molar-refractivity contribution is -0.120. The van der Waals surface area contributed by atoms with Gasteiger partial charge in [0.05, 0.1) is 19.1 Å². The van der Waals surface area contributed by atoms with Gasteiger partial charge in [0.1, 0.15) is 17.6 Å². The van der Waals surface area contributed by atoms with E-state index < -0.39 is 5.97 Å². The van der Waals surface area contributed by atoms with Crippen LogP contribution in [0.15, 0.2) is 36.4 Å². The van der Waals surface area contributed by atoms with Crippen LogP contribution in [0.2, 0.25) is 0 Å². The van der Waals surface area contributed by atoms with E-state index in [9.17, 15) is 9.59 Å². The molecule has 6 heteroatoms. The summed E-state index contributed by atoms with van der Waals surface area (Å²) in [5.74, 6) is 0.436. The Bertz CT molecular complexity index is 829. The molecule has 2 N–H and O–H groups in total. The van der Waals surface area contributed by atoms with E-state index in [1.165, 1.54) is 12.1 Å². The zero-order chi connectivity index (χ0) is 18.7. The largest absolute Gasteiger partial charge is 0.496 e. The normalized spacial score (nSPS) is 15.1. The Morgan fingerprint density at radius 3 is 2.65 bits per heavy atom. The average molecular weight is 355 g/mol. The van der Waals surface area contributed by atoms with Crippen LogP contribution in [-0.2, 0) is 24.2 Å². The zero-order valence-corrected chi connectivity index (χ0v) is 14.7. The molecule has 1 aliphatic heterocycles. The van der Waals surface area contributed by atoms with Crippen molar-refractivity contribution in [3.63, 3.8) is 0 Å². The maximum absolute atomic E-state index is 12.2. The van der Waals surface area contributed by atoms with Crippen LogP contribution in [0.4, 0.5) is 0 Å². The molecular formula is C20H21NO5. The van der Waals surface area contributed by atoms with Crippen LogP contribution in [-0.4, -0.2) is 30.2 Å². The number of hydrogen-bond acceptors (Lipinski definition) is 4. The van der Waals surface area contributed by atoms with Crippen molar-refractivity contribution in [1.29, 1.82) is 0 Å². The fraction of sp³-hybridized carbons (Fsp3) is 0.300. The smallest absolute Gasteiger partial charge is 0.335 e. The zero-order valence-electron chi connectivity index (χ0n) is 14.7. The maximum atomic E-state index is 12.2. The molecule has 0 saturated heterocycles.